The van der Waals surface area contributed by atoms with Crippen molar-refractivity contribution < 1.29 is 19.4 Å². The van der Waals surface area contributed by atoms with E-state index in [1.807, 2.05) is 0 Å². The number of rotatable bonds is 47. The molecule has 0 aromatic rings. The van der Waals surface area contributed by atoms with Crippen LogP contribution in [0, 0.1) is 0 Å². The molecule has 55 heavy (non-hydrogen) atoms. The Morgan fingerprint density at radius 3 is 0.982 bits per heavy atom. The van der Waals surface area contributed by atoms with Crippen molar-refractivity contribution in [1.82, 2.24) is 0 Å². The molecule has 4 nitrogen and oxygen atoms in total. The summed E-state index contributed by atoms with van der Waals surface area (Å²) in [6.45, 7) is 4.58. The van der Waals surface area contributed by atoms with Gasteiger partial charge < -0.3 is 9.84 Å². The first-order valence-electron chi connectivity index (χ1n) is 25.2. The summed E-state index contributed by atoms with van der Waals surface area (Å²) >= 11 is 0. The average Bonchev–Trinajstić information content (AvgIpc) is 3.17. The molecule has 1 atom stereocenters. The largest absolute Gasteiger partial charge is 0.481 e. The molecule has 4 heteroatoms. The fourth-order valence-electron chi connectivity index (χ4n) is 8.01. The number of carbonyl (C=O) groups is 2. The van der Waals surface area contributed by atoms with Crippen LogP contribution < -0.4 is 0 Å². The van der Waals surface area contributed by atoms with Gasteiger partial charge in [0.25, 0.3) is 0 Å². The summed E-state index contributed by atoms with van der Waals surface area (Å²) in [4.78, 5) is 23.6. The lowest BCUT2D eigenvalue weighted by Gasteiger charge is -2.18. The number of hydrogen-bond acceptors (Lipinski definition) is 3. The maximum absolute atomic E-state index is 12.8. The molecular weight excluding hydrogens is 677 g/mol. The van der Waals surface area contributed by atoms with Gasteiger partial charge in [-0.1, -0.05) is 231 Å². The highest BCUT2D eigenvalue weighted by molar-refractivity contribution is 5.69. The third-order valence-electron chi connectivity index (χ3n) is 11.7. The van der Waals surface area contributed by atoms with Crippen LogP contribution in [0.5, 0.6) is 0 Å². The van der Waals surface area contributed by atoms with E-state index in [0.29, 0.717) is 6.42 Å². The van der Waals surface area contributed by atoms with Crippen molar-refractivity contribution in [3.63, 3.8) is 0 Å². The highest BCUT2D eigenvalue weighted by atomic mass is 16.5. The van der Waals surface area contributed by atoms with Gasteiger partial charge in [-0.15, -0.1) is 0 Å². The van der Waals surface area contributed by atoms with Gasteiger partial charge in [0, 0.05) is 12.8 Å². The quantitative estimate of drug-likeness (QED) is 0.0380. The Balaban J connectivity index is 3.91. The molecule has 0 aromatic carbocycles. The van der Waals surface area contributed by atoms with Crippen molar-refractivity contribution in [2.45, 2.75) is 302 Å². The van der Waals surface area contributed by atoms with Crippen LogP contribution in [0.15, 0.2) is 12.2 Å². The van der Waals surface area contributed by atoms with E-state index in [0.717, 1.165) is 64.2 Å². The van der Waals surface area contributed by atoms with E-state index < -0.39 is 5.97 Å². The summed E-state index contributed by atoms with van der Waals surface area (Å²) in [6, 6.07) is 0. The van der Waals surface area contributed by atoms with Gasteiger partial charge in [-0.2, -0.15) is 0 Å². The molecule has 0 aliphatic carbocycles. The van der Waals surface area contributed by atoms with E-state index in [-0.39, 0.29) is 18.5 Å². The number of ether oxygens (including phenoxy) is 1. The highest BCUT2D eigenvalue weighted by Crippen LogP contribution is 2.20. The molecule has 326 valence electrons. The van der Waals surface area contributed by atoms with Gasteiger partial charge in [-0.3, -0.25) is 9.59 Å². The van der Waals surface area contributed by atoms with Crippen molar-refractivity contribution in [2.24, 2.45) is 0 Å². The van der Waals surface area contributed by atoms with Gasteiger partial charge in [-0.05, 0) is 64.2 Å². The Hall–Kier alpha value is -1.32. The van der Waals surface area contributed by atoms with Gasteiger partial charge in [0.2, 0.25) is 0 Å². The summed E-state index contributed by atoms with van der Waals surface area (Å²) in [5, 5.41) is 8.87. The second-order valence-electron chi connectivity index (χ2n) is 17.4. The van der Waals surface area contributed by atoms with Gasteiger partial charge in [0.05, 0.1) is 0 Å². The van der Waals surface area contributed by atoms with Crippen LogP contribution in [0.4, 0.5) is 0 Å². The minimum Gasteiger partial charge on any atom is -0.481 e. The lowest BCUT2D eigenvalue weighted by Crippen LogP contribution is -2.18. The second-order valence-corrected chi connectivity index (χ2v) is 17.4. The monoisotopic (exact) mass is 775 g/mol. The van der Waals surface area contributed by atoms with E-state index in [2.05, 4.69) is 26.0 Å². The van der Waals surface area contributed by atoms with Crippen molar-refractivity contribution in [2.75, 3.05) is 0 Å². The van der Waals surface area contributed by atoms with Crippen molar-refractivity contribution in [3.05, 3.63) is 12.2 Å². The minimum atomic E-state index is -0.695. The summed E-state index contributed by atoms with van der Waals surface area (Å²) in [6.07, 6.45) is 59.8. The molecule has 1 unspecified atom stereocenters. The average molecular weight is 775 g/mol. The van der Waals surface area contributed by atoms with Crippen LogP contribution in [0.25, 0.3) is 0 Å². The zero-order valence-electron chi connectivity index (χ0n) is 37.5. The normalized spacial score (nSPS) is 12.2. The summed E-state index contributed by atoms with van der Waals surface area (Å²) < 4.78 is 6.06. The van der Waals surface area contributed by atoms with Crippen LogP contribution in [-0.4, -0.2) is 23.1 Å². The Morgan fingerprint density at radius 2 is 0.655 bits per heavy atom. The van der Waals surface area contributed by atoms with Gasteiger partial charge >= 0.3 is 11.9 Å². The zero-order chi connectivity index (χ0) is 40.0. The number of esters is 1. The first kappa shape index (κ1) is 53.7. The van der Waals surface area contributed by atoms with E-state index in [1.54, 1.807) is 0 Å². The molecule has 0 saturated carbocycles. The first-order valence-corrected chi connectivity index (χ1v) is 25.2. The predicted molar refractivity (Wildman–Crippen MR) is 241 cm³/mol. The number of allylic oxidation sites excluding steroid dienone is 2. The molecule has 0 saturated heterocycles. The molecular formula is C51H98O4. The molecule has 0 radical (unpaired) electrons. The van der Waals surface area contributed by atoms with Gasteiger partial charge in [0.15, 0.2) is 0 Å². The fraction of sp³-hybridized carbons (Fsp3) is 0.922. The second kappa shape index (κ2) is 47.1. The van der Waals surface area contributed by atoms with Crippen LogP contribution in [0.3, 0.4) is 0 Å². The molecule has 0 amide bonds. The Kier molecular flexibility index (Phi) is 45.9. The van der Waals surface area contributed by atoms with Crippen molar-refractivity contribution >= 4 is 11.9 Å². The highest BCUT2D eigenvalue weighted by Gasteiger charge is 2.14. The summed E-state index contributed by atoms with van der Waals surface area (Å²) in [5.41, 5.74) is 0. The molecule has 0 heterocycles. The minimum absolute atomic E-state index is 0.00908. The van der Waals surface area contributed by atoms with E-state index in [1.165, 1.54) is 205 Å². The standard InChI is InChI=1S/C51H98O4/c1-3-5-7-9-11-13-15-17-19-21-22-23-24-25-27-29-31-33-35-40-44-48-51(54)55-49(46-42-38-36-39-43-47-50(52)53)45-41-37-34-32-30-28-26-20-18-16-14-12-10-8-6-4-2/h21-22,49H,3-20,23-48H2,1-2H3,(H,52,53)/b22-21-. The van der Waals surface area contributed by atoms with Crippen LogP contribution in [-0.2, 0) is 14.3 Å². The molecule has 0 fully saturated rings. The third kappa shape index (κ3) is 47.0. The predicted octanol–water partition coefficient (Wildman–Crippen LogP) is 17.7. The molecule has 0 aromatic heterocycles. The van der Waals surface area contributed by atoms with Crippen LogP contribution >= 0.6 is 0 Å². The Morgan fingerprint density at radius 1 is 0.382 bits per heavy atom. The number of hydrogen-bond donors (Lipinski definition) is 1. The van der Waals surface area contributed by atoms with Gasteiger partial charge in [0.1, 0.15) is 6.10 Å². The fourth-order valence-corrected chi connectivity index (χ4v) is 8.01. The number of carboxylic acid groups (broad SMARTS) is 1. The zero-order valence-corrected chi connectivity index (χ0v) is 37.5. The molecule has 1 N–H and O–H groups in total. The smallest absolute Gasteiger partial charge is 0.306 e. The van der Waals surface area contributed by atoms with Gasteiger partial charge in [-0.25, -0.2) is 0 Å². The topological polar surface area (TPSA) is 63.6 Å². The lowest BCUT2D eigenvalue weighted by molar-refractivity contribution is -0.150. The Bertz CT molecular complexity index is 792. The number of aliphatic carboxylic acids is 1. The first-order chi connectivity index (χ1) is 27.1. The van der Waals surface area contributed by atoms with Crippen LogP contribution in [0.1, 0.15) is 296 Å². The molecule has 0 aliphatic heterocycles. The third-order valence-corrected chi connectivity index (χ3v) is 11.7. The number of unbranched alkanes of at least 4 members (excludes halogenated alkanes) is 36. The number of carboxylic acids is 1. The molecule has 0 aliphatic rings. The van der Waals surface area contributed by atoms with E-state index >= 15 is 0 Å². The number of carbonyl (C=O) groups excluding carboxylic acids is 1. The van der Waals surface area contributed by atoms with E-state index in [4.69, 9.17) is 9.84 Å². The SMILES string of the molecule is CCCCCCCCCC/C=C\CCCCCCCCCCCC(=O)OC(CCCCCCCCCCCCCCCCCC)CCCCCCCC(=O)O. The van der Waals surface area contributed by atoms with Crippen LogP contribution in [0.2, 0.25) is 0 Å². The van der Waals surface area contributed by atoms with Crippen molar-refractivity contribution in [3.8, 4) is 0 Å². The molecule has 0 rings (SSSR count). The lowest BCUT2D eigenvalue weighted by atomic mass is 10.0. The maximum atomic E-state index is 12.8. The van der Waals surface area contributed by atoms with E-state index in [9.17, 15) is 9.59 Å². The molecule has 0 spiro atoms. The Labute approximate surface area is 345 Å². The van der Waals surface area contributed by atoms with Crippen molar-refractivity contribution in [1.29, 1.82) is 0 Å². The summed E-state index contributed by atoms with van der Waals surface area (Å²) in [5.74, 6) is -0.686. The maximum Gasteiger partial charge on any atom is 0.306 e. The molecule has 0 bridgehead atoms. The summed E-state index contributed by atoms with van der Waals surface area (Å²) in [7, 11) is 0.